The maximum atomic E-state index is 5.31. The first kappa shape index (κ1) is 18.2. The van der Waals surface area contributed by atoms with Gasteiger partial charge in [-0.2, -0.15) is 4.98 Å². The molecule has 6 nitrogen and oxygen atoms in total. The maximum absolute atomic E-state index is 5.31. The zero-order valence-electron chi connectivity index (χ0n) is 16.0. The molecule has 1 aromatic heterocycles. The molecule has 140 valence electrons. The molecule has 25 heavy (non-hydrogen) atoms. The van der Waals surface area contributed by atoms with E-state index in [0.717, 1.165) is 55.4 Å². The topological polar surface area (TPSA) is 66.5 Å². The highest BCUT2D eigenvalue weighted by Gasteiger charge is 2.35. The fraction of sp³-hybridized carbons (Fsp3) is 0.842. The minimum Gasteiger partial charge on any atom is -0.357 e. The van der Waals surface area contributed by atoms with Gasteiger partial charge in [-0.1, -0.05) is 31.8 Å². The predicted octanol–water partition coefficient (Wildman–Crippen LogP) is 3.21. The molecule has 2 unspecified atom stereocenters. The first-order valence-corrected chi connectivity index (χ1v) is 10.0. The third kappa shape index (κ3) is 4.73. The van der Waals surface area contributed by atoms with E-state index in [1.165, 1.54) is 38.8 Å². The number of likely N-dealkylation sites (tertiary alicyclic amines) is 1. The highest BCUT2D eigenvalue weighted by molar-refractivity contribution is 5.80. The number of hydrogen-bond donors (Lipinski definition) is 1. The van der Waals surface area contributed by atoms with Crippen LogP contribution in [0.2, 0.25) is 0 Å². The Kier molecular flexibility index (Phi) is 6.32. The van der Waals surface area contributed by atoms with Gasteiger partial charge in [0.2, 0.25) is 5.89 Å². The van der Waals surface area contributed by atoms with Gasteiger partial charge >= 0.3 is 0 Å². The first-order valence-electron chi connectivity index (χ1n) is 10.0. The summed E-state index contributed by atoms with van der Waals surface area (Å²) in [6, 6.07) is 0. The highest BCUT2D eigenvalue weighted by Crippen LogP contribution is 2.35. The Morgan fingerprint density at radius 2 is 2.00 bits per heavy atom. The van der Waals surface area contributed by atoms with E-state index in [1.807, 2.05) is 0 Å². The van der Waals surface area contributed by atoms with Crippen molar-refractivity contribution in [3.8, 4) is 0 Å². The minimum absolute atomic E-state index is 0.314. The first-order chi connectivity index (χ1) is 12.2. The van der Waals surface area contributed by atoms with Crippen LogP contribution in [0.4, 0.5) is 0 Å². The number of aryl methyl sites for hydroxylation is 1. The van der Waals surface area contributed by atoms with Crippen molar-refractivity contribution in [2.75, 3.05) is 26.2 Å². The van der Waals surface area contributed by atoms with E-state index in [2.05, 4.69) is 41.1 Å². The van der Waals surface area contributed by atoms with E-state index >= 15 is 0 Å². The molecule has 1 saturated carbocycles. The number of nitrogens with zero attached hydrogens (tertiary/aromatic N) is 4. The monoisotopic (exact) mass is 347 g/mol. The summed E-state index contributed by atoms with van der Waals surface area (Å²) in [5, 5.41) is 7.50. The zero-order chi connectivity index (χ0) is 17.6. The van der Waals surface area contributed by atoms with Gasteiger partial charge in [-0.05, 0) is 38.0 Å². The van der Waals surface area contributed by atoms with Crippen molar-refractivity contribution < 1.29 is 4.52 Å². The van der Waals surface area contributed by atoms with Crippen LogP contribution in [0.15, 0.2) is 9.52 Å². The van der Waals surface area contributed by atoms with Crippen LogP contribution in [-0.4, -0.2) is 47.2 Å². The van der Waals surface area contributed by atoms with Crippen LogP contribution in [0.5, 0.6) is 0 Å². The Morgan fingerprint density at radius 1 is 1.28 bits per heavy atom. The lowest BCUT2D eigenvalue weighted by Crippen LogP contribution is -2.40. The van der Waals surface area contributed by atoms with Crippen molar-refractivity contribution >= 4 is 5.96 Å². The van der Waals surface area contributed by atoms with Gasteiger partial charge in [0.05, 0.1) is 0 Å². The molecule has 2 fully saturated rings. The molecule has 0 bridgehead atoms. The molecule has 1 N–H and O–H groups in total. The van der Waals surface area contributed by atoms with E-state index in [0.29, 0.717) is 5.92 Å². The highest BCUT2D eigenvalue weighted by atomic mass is 16.5. The lowest BCUT2D eigenvalue weighted by atomic mass is 9.82. The average molecular weight is 348 g/mol. The predicted molar refractivity (Wildman–Crippen MR) is 99.7 cm³/mol. The van der Waals surface area contributed by atoms with Crippen LogP contribution < -0.4 is 5.32 Å². The lowest BCUT2D eigenvalue weighted by molar-refractivity contribution is 0.299. The summed E-state index contributed by atoms with van der Waals surface area (Å²) >= 11 is 0. The molecule has 1 aromatic rings. The number of aliphatic imine (C=N–C) groups is 1. The Hall–Kier alpha value is -1.59. The molecule has 2 atom stereocenters. The van der Waals surface area contributed by atoms with Crippen molar-refractivity contribution in [3.63, 3.8) is 0 Å². The fourth-order valence-electron chi connectivity index (χ4n) is 4.02. The van der Waals surface area contributed by atoms with Crippen LogP contribution >= 0.6 is 0 Å². The molecule has 1 aliphatic carbocycles. The molecule has 1 aliphatic heterocycles. The normalized spacial score (nSPS) is 24.0. The molecule has 0 spiro atoms. The molecule has 3 rings (SSSR count). The number of aromatic nitrogens is 2. The molecule has 0 radical (unpaired) electrons. The van der Waals surface area contributed by atoms with Gasteiger partial charge in [0.1, 0.15) is 0 Å². The Balaban J connectivity index is 1.50. The molecule has 0 aromatic carbocycles. The van der Waals surface area contributed by atoms with Gasteiger partial charge in [0, 0.05) is 38.5 Å². The van der Waals surface area contributed by atoms with Gasteiger partial charge in [0.25, 0.3) is 0 Å². The quantitative estimate of drug-likeness (QED) is 0.486. The van der Waals surface area contributed by atoms with Crippen molar-refractivity contribution in [2.45, 2.75) is 65.2 Å². The van der Waals surface area contributed by atoms with Gasteiger partial charge in [0.15, 0.2) is 11.8 Å². The number of nitrogens with one attached hydrogen (secondary N) is 1. The third-order valence-electron chi connectivity index (χ3n) is 5.42. The van der Waals surface area contributed by atoms with E-state index in [4.69, 9.17) is 9.52 Å². The number of hydrogen-bond acceptors (Lipinski definition) is 4. The van der Waals surface area contributed by atoms with Crippen LogP contribution in [0, 0.1) is 11.8 Å². The summed E-state index contributed by atoms with van der Waals surface area (Å²) in [7, 11) is 0. The number of rotatable bonds is 6. The summed E-state index contributed by atoms with van der Waals surface area (Å²) in [6.45, 7) is 10.4. The van der Waals surface area contributed by atoms with Crippen molar-refractivity contribution in [1.82, 2.24) is 20.4 Å². The van der Waals surface area contributed by atoms with Crippen molar-refractivity contribution in [2.24, 2.45) is 16.8 Å². The lowest BCUT2D eigenvalue weighted by Gasteiger charge is -2.22. The summed E-state index contributed by atoms with van der Waals surface area (Å²) in [5.74, 6) is 4.69. The largest absolute Gasteiger partial charge is 0.357 e. The fourth-order valence-corrected chi connectivity index (χ4v) is 4.02. The molecule has 1 saturated heterocycles. The number of fused-ring (bicyclic) bond motifs is 1. The van der Waals surface area contributed by atoms with E-state index in [1.54, 1.807) is 0 Å². The van der Waals surface area contributed by atoms with Crippen LogP contribution in [-0.2, 0) is 6.42 Å². The third-order valence-corrected chi connectivity index (χ3v) is 5.42. The van der Waals surface area contributed by atoms with E-state index in [9.17, 15) is 0 Å². The minimum atomic E-state index is 0.314. The van der Waals surface area contributed by atoms with Crippen LogP contribution in [0.25, 0.3) is 0 Å². The standard InChI is InChI=1S/C19H33N5O/c1-4-20-19(24-12-15-8-5-6-9-16(15)13-24)21-11-7-10-17-22-18(14(2)3)23-25-17/h14-16H,4-13H2,1-3H3,(H,20,21). The smallest absolute Gasteiger partial charge is 0.226 e. The molecular weight excluding hydrogens is 314 g/mol. The second-order valence-corrected chi connectivity index (χ2v) is 7.75. The second-order valence-electron chi connectivity index (χ2n) is 7.75. The zero-order valence-corrected chi connectivity index (χ0v) is 16.0. The molecule has 2 aliphatic rings. The van der Waals surface area contributed by atoms with Crippen LogP contribution in [0.1, 0.15) is 70.5 Å². The van der Waals surface area contributed by atoms with E-state index < -0.39 is 0 Å². The van der Waals surface area contributed by atoms with E-state index in [-0.39, 0.29) is 0 Å². The summed E-state index contributed by atoms with van der Waals surface area (Å²) in [4.78, 5) is 11.8. The summed E-state index contributed by atoms with van der Waals surface area (Å²) in [5.41, 5.74) is 0. The number of guanidine groups is 1. The average Bonchev–Trinajstić information content (AvgIpc) is 3.24. The Morgan fingerprint density at radius 3 is 2.60 bits per heavy atom. The van der Waals surface area contributed by atoms with Gasteiger partial charge in [-0.3, -0.25) is 4.99 Å². The molecular formula is C19H33N5O. The SMILES string of the molecule is CCNC(=NCCCc1nc(C(C)C)no1)N1CC2CCCCC2C1. The maximum Gasteiger partial charge on any atom is 0.226 e. The van der Waals surface area contributed by atoms with Gasteiger partial charge in [-0.15, -0.1) is 0 Å². The van der Waals surface area contributed by atoms with Crippen molar-refractivity contribution in [1.29, 1.82) is 0 Å². The molecule has 6 heteroatoms. The molecule has 2 heterocycles. The second kappa shape index (κ2) is 8.68. The summed E-state index contributed by atoms with van der Waals surface area (Å²) < 4.78 is 5.31. The van der Waals surface area contributed by atoms with Gasteiger partial charge in [-0.25, -0.2) is 0 Å². The van der Waals surface area contributed by atoms with Gasteiger partial charge < -0.3 is 14.7 Å². The Bertz CT molecular complexity index is 554. The summed E-state index contributed by atoms with van der Waals surface area (Å²) in [6.07, 6.45) is 7.35. The van der Waals surface area contributed by atoms with Crippen LogP contribution in [0.3, 0.4) is 0 Å². The molecule has 0 amide bonds. The van der Waals surface area contributed by atoms with Crippen molar-refractivity contribution in [3.05, 3.63) is 11.7 Å². The Labute approximate surface area is 151 Å².